The number of carbonyl (C=O) groups excluding carboxylic acids is 1. The first-order chi connectivity index (χ1) is 9.32. The fourth-order valence-corrected chi connectivity index (χ4v) is 2.63. The van der Waals surface area contributed by atoms with Crippen molar-refractivity contribution in [3.05, 3.63) is 28.2 Å². The van der Waals surface area contributed by atoms with Gasteiger partial charge in [-0.05, 0) is 45.9 Å². The summed E-state index contributed by atoms with van der Waals surface area (Å²) in [6, 6.07) is 6.22. The number of nitrogen functional groups attached to an aromatic ring is 1. The van der Waals surface area contributed by atoms with Gasteiger partial charge in [-0.25, -0.2) is 0 Å². The molecule has 0 aromatic heterocycles. The number of rotatable bonds is 6. The second-order valence-corrected chi connectivity index (χ2v) is 6.33. The molecule has 0 aliphatic heterocycles. The van der Waals surface area contributed by atoms with Crippen molar-refractivity contribution in [3.8, 4) is 0 Å². The van der Waals surface area contributed by atoms with Crippen LogP contribution in [0.15, 0.2) is 22.7 Å². The molecule has 0 radical (unpaired) electrons. The highest BCUT2D eigenvalue weighted by Crippen LogP contribution is 2.18. The molecule has 0 unspecified atom stereocenters. The van der Waals surface area contributed by atoms with Gasteiger partial charge in [0.1, 0.15) is 0 Å². The van der Waals surface area contributed by atoms with Crippen LogP contribution in [0, 0.1) is 0 Å². The summed E-state index contributed by atoms with van der Waals surface area (Å²) in [5.41, 5.74) is 6.86. The molecule has 0 atom stereocenters. The van der Waals surface area contributed by atoms with Crippen LogP contribution in [0.1, 0.15) is 38.1 Å². The van der Waals surface area contributed by atoms with Crippen LogP contribution in [0.4, 0.5) is 5.69 Å². The number of amides is 1. The minimum absolute atomic E-state index is 0. The lowest BCUT2D eigenvalue weighted by atomic mass is 10.1. The number of benzene rings is 1. The Kier molecular flexibility index (Phi) is 12.0. The Morgan fingerprint density at radius 2 is 1.77 bits per heavy atom. The van der Waals surface area contributed by atoms with Gasteiger partial charge in [0.25, 0.3) is 5.91 Å². The van der Waals surface area contributed by atoms with E-state index < -0.39 is 0 Å². The van der Waals surface area contributed by atoms with Gasteiger partial charge in [-0.3, -0.25) is 9.69 Å². The summed E-state index contributed by atoms with van der Waals surface area (Å²) in [5, 5.41) is 2.92. The van der Waals surface area contributed by atoms with Gasteiger partial charge in [0, 0.05) is 35.3 Å². The van der Waals surface area contributed by atoms with E-state index in [-0.39, 0.29) is 30.7 Å². The van der Waals surface area contributed by atoms with Crippen LogP contribution in [0.25, 0.3) is 0 Å². The molecule has 1 amide bonds. The number of halogens is 3. The molecule has 1 rings (SSSR count). The van der Waals surface area contributed by atoms with Gasteiger partial charge in [-0.1, -0.05) is 15.9 Å². The smallest absolute Gasteiger partial charge is 0.253 e. The average Bonchev–Trinajstić information content (AvgIpc) is 2.33. The van der Waals surface area contributed by atoms with Crippen molar-refractivity contribution in [1.82, 2.24) is 10.2 Å². The van der Waals surface area contributed by atoms with Crippen molar-refractivity contribution in [2.75, 3.05) is 18.8 Å². The van der Waals surface area contributed by atoms with Crippen LogP contribution in [-0.2, 0) is 0 Å². The third kappa shape index (κ3) is 7.18. The third-order valence-corrected chi connectivity index (χ3v) is 3.73. The molecular formula is C15H26BrCl2N3O. The first-order valence-corrected chi connectivity index (χ1v) is 7.71. The van der Waals surface area contributed by atoms with Crippen LogP contribution in [0.3, 0.4) is 0 Å². The second-order valence-electron chi connectivity index (χ2n) is 5.41. The molecule has 128 valence electrons. The van der Waals surface area contributed by atoms with E-state index in [1.54, 1.807) is 12.1 Å². The molecule has 0 saturated carbocycles. The molecule has 3 N–H and O–H groups in total. The minimum atomic E-state index is -0.123. The predicted octanol–water partition coefficient (Wildman–Crippen LogP) is 3.72. The Bertz CT molecular complexity index is 462. The molecule has 0 heterocycles. The summed E-state index contributed by atoms with van der Waals surface area (Å²) in [6.07, 6.45) is 0. The summed E-state index contributed by atoms with van der Waals surface area (Å²) in [4.78, 5) is 14.4. The monoisotopic (exact) mass is 413 g/mol. The minimum Gasteiger partial charge on any atom is -0.398 e. The topological polar surface area (TPSA) is 58.4 Å². The standard InChI is InChI=1S/C15H24BrN3O.2ClH/c1-10(2)19(11(3)4)8-7-18-15(20)13-6-5-12(16)9-14(13)17;;/h5-6,9-11H,7-8,17H2,1-4H3,(H,18,20);2*1H. The first kappa shape index (κ1) is 23.8. The quantitative estimate of drug-likeness (QED) is 0.697. The van der Waals surface area contributed by atoms with Crippen LogP contribution in [0.2, 0.25) is 0 Å². The molecule has 22 heavy (non-hydrogen) atoms. The largest absolute Gasteiger partial charge is 0.398 e. The zero-order chi connectivity index (χ0) is 15.3. The van der Waals surface area contributed by atoms with Crippen molar-refractivity contribution in [1.29, 1.82) is 0 Å². The Labute approximate surface area is 154 Å². The number of hydrogen-bond acceptors (Lipinski definition) is 3. The van der Waals surface area contributed by atoms with Gasteiger partial charge in [0.05, 0.1) is 5.56 Å². The number of nitrogens with one attached hydrogen (secondary N) is 1. The van der Waals surface area contributed by atoms with Crippen LogP contribution in [0.5, 0.6) is 0 Å². The number of nitrogens with zero attached hydrogens (tertiary/aromatic N) is 1. The molecule has 0 aliphatic rings. The molecule has 0 spiro atoms. The van der Waals surface area contributed by atoms with Gasteiger partial charge < -0.3 is 11.1 Å². The highest BCUT2D eigenvalue weighted by molar-refractivity contribution is 9.10. The lowest BCUT2D eigenvalue weighted by Gasteiger charge is -2.30. The van der Waals surface area contributed by atoms with Gasteiger partial charge in [-0.2, -0.15) is 0 Å². The molecule has 0 bridgehead atoms. The SMILES string of the molecule is CC(C)N(CCNC(=O)c1ccc(Br)cc1N)C(C)C.Cl.Cl. The van der Waals surface area contributed by atoms with Gasteiger partial charge >= 0.3 is 0 Å². The van der Waals surface area contributed by atoms with Gasteiger partial charge in [0.2, 0.25) is 0 Å². The second kappa shape index (κ2) is 11.1. The molecule has 0 aliphatic carbocycles. The van der Waals surface area contributed by atoms with E-state index in [1.807, 2.05) is 6.07 Å². The zero-order valence-electron chi connectivity index (χ0n) is 13.4. The van der Waals surface area contributed by atoms with E-state index in [4.69, 9.17) is 5.73 Å². The molecule has 7 heteroatoms. The Morgan fingerprint density at radius 3 is 2.23 bits per heavy atom. The lowest BCUT2D eigenvalue weighted by Crippen LogP contribution is -2.42. The van der Waals surface area contributed by atoms with Crippen molar-refractivity contribution >= 4 is 52.3 Å². The fourth-order valence-electron chi connectivity index (χ4n) is 2.25. The van der Waals surface area contributed by atoms with E-state index in [1.165, 1.54) is 0 Å². The normalized spacial score (nSPS) is 10.4. The van der Waals surface area contributed by atoms with E-state index in [2.05, 4.69) is 53.8 Å². The van der Waals surface area contributed by atoms with Crippen molar-refractivity contribution in [2.24, 2.45) is 0 Å². The highest BCUT2D eigenvalue weighted by Gasteiger charge is 2.14. The highest BCUT2D eigenvalue weighted by atomic mass is 79.9. The Hall–Kier alpha value is -0.490. The third-order valence-electron chi connectivity index (χ3n) is 3.24. The fraction of sp³-hybridized carbons (Fsp3) is 0.533. The van der Waals surface area contributed by atoms with E-state index in [0.717, 1.165) is 11.0 Å². The van der Waals surface area contributed by atoms with Crippen molar-refractivity contribution in [3.63, 3.8) is 0 Å². The molecule has 1 aromatic rings. The maximum Gasteiger partial charge on any atom is 0.253 e. The van der Waals surface area contributed by atoms with Crippen LogP contribution < -0.4 is 11.1 Å². The first-order valence-electron chi connectivity index (χ1n) is 6.92. The summed E-state index contributed by atoms with van der Waals surface area (Å²) >= 11 is 3.33. The average molecular weight is 415 g/mol. The maximum atomic E-state index is 12.1. The van der Waals surface area contributed by atoms with Crippen LogP contribution in [-0.4, -0.2) is 36.0 Å². The van der Waals surface area contributed by atoms with Crippen LogP contribution >= 0.6 is 40.7 Å². The molecular weight excluding hydrogens is 389 g/mol. The summed E-state index contributed by atoms with van der Waals surface area (Å²) in [6.45, 7) is 10.1. The predicted molar refractivity (Wildman–Crippen MR) is 102 cm³/mol. The molecule has 0 fully saturated rings. The number of nitrogens with two attached hydrogens (primary N) is 1. The number of anilines is 1. The number of hydrogen-bond donors (Lipinski definition) is 2. The molecule has 0 saturated heterocycles. The van der Waals surface area contributed by atoms with E-state index in [0.29, 0.717) is 29.9 Å². The van der Waals surface area contributed by atoms with Gasteiger partial charge in [0.15, 0.2) is 0 Å². The number of carbonyl (C=O) groups is 1. The van der Waals surface area contributed by atoms with Gasteiger partial charge in [-0.15, -0.1) is 24.8 Å². The Balaban J connectivity index is 0. The summed E-state index contributed by atoms with van der Waals surface area (Å²) in [7, 11) is 0. The Morgan fingerprint density at radius 1 is 1.23 bits per heavy atom. The molecule has 4 nitrogen and oxygen atoms in total. The van der Waals surface area contributed by atoms with Crippen molar-refractivity contribution in [2.45, 2.75) is 39.8 Å². The van der Waals surface area contributed by atoms with E-state index in [9.17, 15) is 4.79 Å². The van der Waals surface area contributed by atoms with E-state index >= 15 is 0 Å². The summed E-state index contributed by atoms with van der Waals surface area (Å²) < 4.78 is 0.873. The molecule has 1 aromatic carbocycles. The summed E-state index contributed by atoms with van der Waals surface area (Å²) in [5.74, 6) is -0.123. The lowest BCUT2D eigenvalue weighted by molar-refractivity contribution is 0.0940. The van der Waals surface area contributed by atoms with Crippen molar-refractivity contribution < 1.29 is 4.79 Å². The zero-order valence-corrected chi connectivity index (χ0v) is 16.6. The maximum absolute atomic E-state index is 12.1.